The van der Waals surface area contributed by atoms with Crippen molar-refractivity contribution in [1.82, 2.24) is 5.32 Å². The first-order chi connectivity index (χ1) is 10.0. The fourth-order valence-corrected chi connectivity index (χ4v) is 2.59. The van der Waals surface area contributed by atoms with E-state index in [4.69, 9.17) is 10.5 Å². The molecule has 5 nitrogen and oxygen atoms in total. The maximum absolute atomic E-state index is 11.8. The smallest absolute Gasteiger partial charge is 0.263 e. The number of hydrogen-bond acceptors (Lipinski definition) is 5. The number of thiophene rings is 1. The average Bonchev–Trinajstić information content (AvgIpc) is 2.81. The first-order valence-electron chi connectivity index (χ1n) is 7.18. The maximum atomic E-state index is 11.8. The van der Waals surface area contributed by atoms with Gasteiger partial charge in [-0.2, -0.15) is 0 Å². The van der Waals surface area contributed by atoms with Gasteiger partial charge in [0.2, 0.25) is 0 Å². The van der Waals surface area contributed by atoms with Gasteiger partial charge in [-0.3, -0.25) is 4.79 Å². The van der Waals surface area contributed by atoms with Crippen molar-refractivity contribution in [1.29, 1.82) is 0 Å². The Hall–Kier alpha value is -1.53. The lowest BCUT2D eigenvalue weighted by atomic mass is 10.3. The molecule has 6 heteroatoms. The maximum Gasteiger partial charge on any atom is 0.263 e. The highest BCUT2D eigenvalue weighted by atomic mass is 32.1. The minimum atomic E-state index is -0.157. The van der Waals surface area contributed by atoms with Gasteiger partial charge in [-0.15, -0.1) is 17.9 Å². The summed E-state index contributed by atoms with van der Waals surface area (Å²) in [6, 6.07) is 1.80. The quantitative estimate of drug-likeness (QED) is 0.459. The Morgan fingerprint density at radius 2 is 2.29 bits per heavy atom. The molecule has 0 fully saturated rings. The number of carbonyl (C=O) groups is 1. The van der Waals surface area contributed by atoms with Crippen molar-refractivity contribution in [2.45, 2.75) is 32.8 Å². The lowest BCUT2D eigenvalue weighted by molar-refractivity contribution is 0.0765. The molecule has 4 N–H and O–H groups in total. The number of nitrogens with two attached hydrogens (primary N) is 1. The van der Waals surface area contributed by atoms with Crippen LogP contribution in [0.25, 0.3) is 0 Å². The molecule has 0 spiro atoms. The standard InChI is InChI=1S/C15H25N3O2S/c1-4-7-18-15(19)14-12(16)10-13(21-14)17-8-5-6-9-20-11(2)3/h4,10-11,17H,1,5-9,16H2,2-3H3,(H,18,19). The predicted molar refractivity (Wildman–Crippen MR) is 90.1 cm³/mol. The van der Waals surface area contributed by atoms with Crippen LogP contribution in [0.2, 0.25) is 0 Å². The summed E-state index contributed by atoms with van der Waals surface area (Å²) in [7, 11) is 0. The topological polar surface area (TPSA) is 76.4 Å². The van der Waals surface area contributed by atoms with Crippen LogP contribution in [0.5, 0.6) is 0 Å². The molecule has 0 saturated heterocycles. The van der Waals surface area contributed by atoms with Gasteiger partial charge in [0.25, 0.3) is 5.91 Å². The van der Waals surface area contributed by atoms with Gasteiger partial charge in [0.15, 0.2) is 0 Å². The van der Waals surface area contributed by atoms with Gasteiger partial charge >= 0.3 is 0 Å². The minimum absolute atomic E-state index is 0.157. The lowest BCUT2D eigenvalue weighted by Gasteiger charge is -2.07. The van der Waals surface area contributed by atoms with Crippen molar-refractivity contribution in [2.24, 2.45) is 0 Å². The number of ether oxygens (including phenoxy) is 1. The Kier molecular flexibility index (Phi) is 7.85. The number of unbranched alkanes of at least 4 members (excludes halogenated alkanes) is 1. The number of hydrogen-bond donors (Lipinski definition) is 3. The lowest BCUT2D eigenvalue weighted by Crippen LogP contribution is -2.22. The molecular formula is C15H25N3O2S. The van der Waals surface area contributed by atoms with Crippen molar-refractivity contribution < 1.29 is 9.53 Å². The Morgan fingerprint density at radius 1 is 1.52 bits per heavy atom. The monoisotopic (exact) mass is 311 g/mol. The molecular weight excluding hydrogens is 286 g/mol. The van der Waals surface area contributed by atoms with E-state index in [-0.39, 0.29) is 12.0 Å². The molecule has 21 heavy (non-hydrogen) atoms. The van der Waals surface area contributed by atoms with E-state index < -0.39 is 0 Å². The zero-order chi connectivity index (χ0) is 15.7. The molecule has 1 rings (SSSR count). The van der Waals surface area contributed by atoms with Crippen molar-refractivity contribution in [3.8, 4) is 0 Å². The highest BCUT2D eigenvalue weighted by Crippen LogP contribution is 2.29. The van der Waals surface area contributed by atoms with Gasteiger partial charge in [0.05, 0.1) is 16.8 Å². The SMILES string of the molecule is C=CCNC(=O)c1sc(NCCCCOC(C)C)cc1N. The van der Waals surface area contributed by atoms with Gasteiger partial charge in [-0.25, -0.2) is 0 Å². The number of carbonyl (C=O) groups excluding carboxylic acids is 1. The molecule has 1 aromatic heterocycles. The Bertz CT molecular complexity index is 458. The molecule has 0 atom stereocenters. The second-order valence-electron chi connectivity index (χ2n) is 4.95. The van der Waals surface area contributed by atoms with Crippen LogP contribution >= 0.6 is 11.3 Å². The van der Waals surface area contributed by atoms with Gasteiger partial charge in [0.1, 0.15) is 4.88 Å². The van der Waals surface area contributed by atoms with Crippen LogP contribution in [-0.2, 0) is 4.74 Å². The number of nitrogens with one attached hydrogen (secondary N) is 2. The molecule has 0 aliphatic heterocycles. The third-order valence-corrected chi connectivity index (χ3v) is 3.80. The Balaban J connectivity index is 2.33. The normalized spacial score (nSPS) is 10.6. The predicted octanol–water partition coefficient (Wildman–Crippen LogP) is 2.86. The van der Waals surface area contributed by atoms with Gasteiger partial charge < -0.3 is 21.1 Å². The summed E-state index contributed by atoms with van der Waals surface area (Å²) in [5.41, 5.74) is 6.37. The molecule has 0 saturated carbocycles. The summed E-state index contributed by atoms with van der Waals surface area (Å²) in [5, 5.41) is 6.93. The molecule has 0 aliphatic carbocycles. The van der Waals surface area contributed by atoms with Crippen LogP contribution in [0.3, 0.4) is 0 Å². The minimum Gasteiger partial charge on any atom is -0.397 e. The highest BCUT2D eigenvalue weighted by Gasteiger charge is 2.13. The second kappa shape index (κ2) is 9.41. The van der Waals surface area contributed by atoms with E-state index in [1.54, 1.807) is 12.1 Å². The van der Waals surface area contributed by atoms with E-state index in [1.807, 2.05) is 13.8 Å². The van der Waals surface area contributed by atoms with Crippen LogP contribution in [0.15, 0.2) is 18.7 Å². The van der Waals surface area contributed by atoms with Crippen LogP contribution in [0.4, 0.5) is 10.7 Å². The zero-order valence-electron chi connectivity index (χ0n) is 12.8. The molecule has 0 radical (unpaired) electrons. The largest absolute Gasteiger partial charge is 0.397 e. The van der Waals surface area contributed by atoms with Crippen molar-refractivity contribution in [3.05, 3.63) is 23.6 Å². The van der Waals surface area contributed by atoms with Crippen LogP contribution in [0, 0.1) is 0 Å². The Labute approximate surface area is 130 Å². The van der Waals surface area contributed by atoms with Crippen molar-refractivity contribution >= 4 is 27.9 Å². The molecule has 0 unspecified atom stereocenters. The van der Waals surface area contributed by atoms with Gasteiger partial charge in [0, 0.05) is 19.7 Å². The molecule has 0 aromatic carbocycles. The van der Waals surface area contributed by atoms with Gasteiger partial charge in [-0.05, 0) is 32.8 Å². The van der Waals surface area contributed by atoms with Crippen LogP contribution in [-0.4, -0.2) is 31.7 Å². The number of nitrogen functional groups attached to an aromatic ring is 1. The van der Waals surface area contributed by atoms with E-state index >= 15 is 0 Å². The van der Waals surface area contributed by atoms with Crippen molar-refractivity contribution in [2.75, 3.05) is 30.7 Å². The summed E-state index contributed by atoms with van der Waals surface area (Å²) in [6.45, 7) is 9.69. The van der Waals surface area contributed by atoms with E-state index in [0.29, 0.717) is 17.1 Å². The van der Waals surface area contributed by atoms with Crippen LogP contribution < -0.4 is 16.4 Å². The van der Waals surface area contributed by atoms with E-state index in [1.165, 1.54) is 11.3 Å². The molecule has 118 valence electrons. The molecule has 1 amide bonds. The van der Waals surface area contributed by atoms with Gasteiger partial charge in [-0.1, -0.05) is 6.08 Å². The van der Waals surface area contributed by atoms with E-state index in [0.717, 1.165) is 31.0 Å². The molecule has 1 heterocycles. The number of anilines is 2. The summed E-state index contributed by atoms with van der Waals surface area (Å²) in [5.74, 6) is -0.157. The third kappa shape index (κ3) is 6.64. The summed E-state index contributed by atoms with van der Waals surface area (Å²) in [4.78, 5) is 12.4. The van der Waals surface area contributed by atoms with E-state index in [2.05, 4.69) is 17.2 Å². The zero-order valence-corrected chi connectivity index (χ0v) is 13.6. The fraction of sp³-hybridized carbons (Fsp3) is 0.533. The summed E-state index contributed by atoms with van der Waals surface area (Å²) >= 11 is 1.37. The fourth-order valence-electron chi connectivity index (χ4n) is 1.67. The third-order valence-electron chi connectivity index (χ3n) is 2.70. The first kappa shape index (κ1) is 17.5. The van der Waals surface area contributed by atoms with Crippen LogP contribution in [0.1, 0.15) is 36.4 Å². The number of amides is 1. The Morgan fingerprint density at radius 3 is 2.95 bits per heavy atom. The molecule has 0 aliphatic rings. The van der Waals surface area contributed by atoms with Crippen molar-refractivity contribution in [3.63, 3.8) is 0 Å². The molecule has 1 aromatic rings. The summed E-state index contributed by atoms with van der Waals surface area (Å²) < 4.78 is 5.48. The number of rotatable bonds is 10. The first-order valence-corrected chi connectivity index (χ1v) is 8.00. The van der Waals surface area contributed by atoms with E-state index in [9.17, 15) is 4.79 Å². The summed E-state index contributed by atoms with van der Waals surface area (Å²) in [6.07, 6.45) is 3.95. The highest BCUT2D eigenvalue weighted by molar-refractivity contribution is 7.18. The molecule has 0 bridgehead atoms. The second-order valence-corrected chi connectivity index (χ2v) is 6.00. The average molecular weight is 311 g/mol.